The number of benzene rings is 1. The Hall–Kier alpha value is -2.38. The maximum Gasteiger partial charge on any atom is 0.306 e. The molecule has 0 saturated carbocycles. The number of carboxylic acids is 1. The fraction of sp³-hybridized carbons (Fsp3) is 0.385. The first-order chi connectivity index (χ1) is 9.99. The third-order valence-electron chi connectivity index (χ3n) is 3.20. The van der Waals surface area contributed by atoms with Crippen molar-refractivity contribution in [3.05, 3.63) is 41.2 Å². The lowest BCUT2D eigenvalue weighted by Gasteiger charge is -2.08. The van der Waals surface area contributed by atoms with Gasteiger partial charge in [-0.2, -0.15) is 0 Å². The zero-order valence-corrected chi connectivity index (χ0v) is 11.3. The van der Waals surface area contributed by atoms with E-state index in [1.165, 1.54) is 22.9 Å². The van der Waals surface area contributed by atoms with Gasteiger partial charge < -0.3 is 5.11 Å². The Morgan fingerprint density at radius 1 is 1.38 bits per heavy atom. The van der Waals surface area contributed by atoms with Crippen LogP contribution in [-0.4, -0.2) is 31.3 Å². The molecule has 2 rings (SSSR count). The second-order valence-electron chi connectivity index (χ2n) is 4.72. The van der Waals surface area contributed by atoms with Crippen LogP contribution < -0.4 is 0 Å². The predicted octanol–water partition coefficient (Wildman–Crippen LogP) is 1.65. The van der Waals surface area contributed by atoms with Crippen molar-refractivity contribution in [3.8, 4) is 0 Å². The van der Waals surface area contributed by atoms with Gasteiger partial charge in [0, 0.05) is 18.5 Å². The first-order valence-electron chi connectivity index (χ1n) is 6.39. The number of hydrogen-bond acceptors (Lipinski definition) is 4. The van der Waals surface area contributed by atoms with Gasteiger partial charge in [-0.15, -0.1) is 5.10 Å². The number of aromatic nitrogens is 4. The van der Waals surface area contributed by atoms with Crippen molar-refractivity contribution in [2.75, 3.05) is 0 Å². The van der Waals surface area contributed by atoms with Gasteiger partial charge in [0.15, 0.2) is 5.82 Å². The summed E-state index contributed by atoms with van der Waals surface area (Å²) in [4.78, 5) is 10.8. The highest BCUT2D eigenvalue weighted by Crippen LogP contribution is 2.16. The molecule has 1 heterocycles. The number of carboxylic acid groups (broad SMARTS) is 1. The molecule has 21 heavy (non-hydrogen) atoms. The van der Waals surface area contributed by atoms with E-state index in [0.717, 1.165) is 0 Å². The Morgan fingerprint density at radius 3 is 2.67 bits per heavy atom. The molecule has 1 aromatic carbocycles. The van der Waals surface area contributed by atoms with Gasteiger partial charge in [-0.3, -0.25) is 4.79 Å². The molecule has 1 N–H and O–H groups in total. The number of tetrazole rings is 1. The van der Waals surface area contributed by atoms with Crippen LogP contribution in [-0.2, 0) is 17.8 Å². The summed E-state index contributed by atoms with van der Waals surface area (Å²) in [6.07, 6.45) is 0.236. The quantitative estimate of drug-likeness (QED) is 0.876. The number of carbonyl (C=O) groups is 1. The van der Waals surface area contributed by atoms with Crippen LogP contribution in [0.25, 0.3) is 0 Å². The molecule has 0 fully saturated rings. The van der Waals surface area contributed by atoms with Crippen LogP contribution >= 0.6 is 0 Å². The molecule has 0 aliphatic rings. The largest absolute Gasteiger partial charge is 0.481 e. The van der Waals surface area contributed by atoms with E-state index in [2.05, 4.69) is 15.5 Å². The molecule has 0 spiro atoms. The fourth-order valence-corrected chi connectivity index (χ4v) is 1.82. The number of hydrogen-bond donors (Lipinski definition) is 1. The topological polar surface area (TPSA) is 80.9 Å². The summed E-state index contributed by atoms with van der Waals surface area (Å²) in [5.41, 5.74) is -0.111. The highest BCUT2D eigenvalue weighted by atomic mass is 19.1. The minimum Gasteiger partial charge on any atom is -0.481 e. The van der Waals surface area contributed by atoms with Crippen LogP contribution in [0.3, 0.4) is 0 Å². The van der Waals surface area contributed by atoms with Crippen LogP contribution in [0.2, 0.25) is 0 Å². The number of nitrogens with zero attached hydrogens (tertiary/aromatic N) is 4. The Balaban J connectivity index is 2.12. The Morgan fingerprint density at radius 2 is 2.05 bits per heavy atom. The zero-order valence-electron chi connectivity index (χ0n) is 11.3. The molecule has 1 unspecified atom stereocenters. The van der Waals surface area contributed by atoms with Gasteiger partial charge in [0.05, 0.1) is 5.92 Å². The normalized spacial score (nSPS) is 12.3. The Kier molecular flexibility index (Phi) is 4.56. The molecule has 0 aliphatic carbocycles. The average molecular weight is 296 g/mol. The number of halogens is 2. The summed E-state index contributed by atoms with van der Waals surface area (Å²) in [5.74, 6) is -2.50. The molecule has 2 aromatic rings. The monoisotopic (exact) mass is 296 g/mol. The van der Waals surface area contributed by atoms with Crippen LogP contribution in [0, 0.1) is 17.6 Å². The van der Waals surface area contributed by atoms with E-state index < -0.39 is 23.5 Å². The molecule has 6 nitrogen and oxygen atoms in total. The predicted molar refractivity (Wildman–Crippen MR) is 68.4 cm³/mol. The Bertz CT molecular complexity index is 625. The van der Waals surface area contributed by atoms with Gasteiger partial charge in [-0.05, 0) is 29.0 Å². The van der Waals surface area contributed by atoms with Crippen molar-refractivity contribution in [2.45, 2.75) is 26.3 Å². The van der Waals surface area contributed by atoms with Crippen LogP contribution in [0.1, 0.15) is 24.7 Å². The molecule has 0 aliphatic heterocycles. The summed E-state index contributed by atoms with van der Waals surface area (Å²) in [6, 6.07) is 3.61. The van der Waals surface area contributed by atoms with Crippen molar-refractivity contribution in [1.82, 2.24) is 20.2 Å². The summed E-state index contributed by atoms with van der Waals surface area (Å²) in [5, 5.41) is 19.8. The van der Waals surface area contributed by atoms with Crippen molar-refractivity contribution < 1.29 is 18.7 Å². The van der Waals surface area contributed by atoms with E-state index in [0.29, 0.717) is 6.42 Å². The van der Waals surface area contributed by atoms with Crippen molar-refractivity contribution >= 4 is 5.97 Å². The lowest BCUT2D eigenvalue weighted by molar-refractivity contribution is -0.141. The second-order valence-corrected chi connectivity index (χ2v) is 4.72. The first kappa shape index (κ1) is 15.0. The van der Waals surface area contributed by atoms with Gasteiger partial charge in [0.2, 0.25) is 0 Å². The van der Waals surface area contributed by atoms with E-state index in [4.69, 9.17) is 5.11 Å². The molecule has 0 saturated heterocycles. The third-order valence-corrected chi connectivity index (χ3v) is 3.20. The van der Waals surface area contributed by atoms with E-state index in [-0.39, 0.29) is 24.4 Å². The second kappa shape index (κ2) is 6.38. The highest BCUT2D eigenvalue weighted by molar-refractivity contribution is 5.69. The zero-order chi connectivity index (χ0) is 15.4. The summed E-state index contributed by atoms with van der Waals surface area (Å²) < 4.78 is 28.6. The van der Waals surface area contributed by atoms with E-state index >= 15 is 0 Å². The highest BCUT2D eigenvalue weighted by Gasteiger charge is 2.16. The van der Waals surface area contributed by atoms with Gasteiger partial charge in [-0.1, -0.05) is 13.0 Å². The summed E-state index contributed by atoms with van der Waals surface area (Å²) in [6.45, 7) is 1.84. The number of aliphatic carboxylic acids is 1. The van der Waals surface area contributed by atoms with Gasteiger partial charge >= 0.3 is 5.97 Å². The van der Waals surface area contributed by atoms with Crippen molar-refractivity contribution in [1.29, 1.82) is 0 Å². The maximum absolute atomic E-state index is 13.6. The molecule has 1 atom stereocenters. The molecule has 112 valence electrons. The minimum atomic E-state index is -0.912. The van der Waals surface area contributed by atoms with Crippen LogP contribution in [0.4, 0.5) is 8.78 Å². The van der Waals surface area contributed by atoms with E-state index in [1.807, 2.05) is 0 Å². The molecule has 0 radical (unpaired) electrons. The molecule has 0 bridgehead atoms. The standard InChI is InChI=1S/C13H14F2N4O2/c1-8(13(20)21)5-6-19-12(16-17-18-19)7-9-10(14)3-2-4-11(9)15/h2-4,8H,5-7H2,1H3,(H,20,21). The van der Waals surface area contributed by atoms with Crippen LogP contribution in [0.5, 0.6) is 0 Å². The molecular weight excluding hydrogens is 282 g/mol. The fourth-order valence-electron chi connectivity index (χ4n) is 1.82. The first-order valence-corrected chi connectivity index (χ1v) is 6.39. The van der Waals surface area contributed by atoms with E-state index in [9.17, 15) is 13.6 Å². The SMILES string of the molecule is CC(CCn1nnnc1Cc1c(F)cccc1F)C(=O)O. The average Bonchev–Trinajstić information content (AvgIpc) is 2.87. The third kappa shape index (κ3) is 3.59. The van der Waals surface area contributed by atoms with Crippen molar-refractivity contribution in [3.63, 3.8) is 0 Å². The number of aryl methyl sites for hydroxylation is 1. The minimum absolute atomic E-state index is 0.0903. The lowest BCUT2D eigenvalue weighted by Crippen LogP contribution is -2.15. The van der Waals surface area contributed by atoms with Gasteiger partial charge in [-0.25, -0.2) is 13.5 Å². The molecular formula is C13H14F2N4O2. The smallest absolute Gasteiger partial charge is 0.306 e. The number of rotatable bonds is 6. The molecule has 0 amide bonds. The lowest BCUT2D eigenvalue weighted by atomic mass is 10.1. The van der Waals surface area contributed by atoms with E-state index in [1.54, 1.807) is 6.92 Å². The van der Waals surface area contributed by atoms with Gasteiger partial charge in [0.1, 0.15) is 11.6 Å². The van der Waals surface area contributed by atoms with Crippen LogP contribution in [0.15, 0.2) is 18.2 Å². The summed E-state index contributed by atoms with van der Waals surface area (Å²) >= 11 is 0. The summed E-state index contributed by atoms with van der Waals surface area (Å²) in [7, 11) is 0. The van der Waals surface area contributed by atoms with Gasteiger partial charge in [0.25, 0.3) is 0 Å². The van der Waals surface area contributed by atoms with Crippen molar-refractivity contribution in [2.24, 2.45) is 5.92 Å². The molecule has 1 aromatic heterocycles. The molecule has 8 heteroatoms. The maximum atomic E-state index is 13.6. The Labute approximate surface area is 119 Å².